The highest BCUT2D eigenvalue weighted by atomic mass is 32.2. The molecule has 0 bridgehead atoms. The number of nitrogens with one attached hydrogen (secondary N) is 1. The third-order valence-corrected chi connectivity index (χ3v) is 6.64. The predicted molar refractivity (Wildman–Crippen MR) is 104 cm³/mol. The molecule has 0 aliphatic carbocycles. The minimum atomic E-state index is -3.79. The van der Waals surface area contributed by atoms with Gasteiger partial charge in [0.05, 0.1) is 22.7 Å². The summed E-state index contributed by atoms with van der Waals surface area (Å²) in [4.78, 5) is 16.4. The van der Waals surface area contributed by atoms with E-state index >= 15 is 0 Å². The molecule has 0 saturated carbocycles. The first-order valence-electron chi connectivity index (χ1n) is 9.25. The van der Waals surface area contributed by atoms with Crippen LogP contribution in [0.1, 0.15) is 36.3 Å². The summed E-state index contributed by atoms with van der Waals surface area (Å²) in [6, 6.07) is 8.62. The third kappa shape index (κ3) is 4.56. The Balaban J connectivity index is 1.81. The second kappa shape index (κ2) is 8.36. The molecule has 1 N–H and O–H groups in total. The van der Waals surface area contributed by atoms with Gasteiger partial charge in [-0.1, -0.05) is 19.9 Å². The Morgan fingerprint density at radius 2 is 1.93 bits per heavy atom. The van der Waals surface area contributed by atoms with Crippen molar-refractivity contribution in [1.82, 2.24) is 14.6 Å². The zero-order chi connectivity index (χ0) is 20.3. The molecule has 8 heteroatoms. The maximum atomic E-state index is 14.2. The van der Waals surface area contributed by atoms with Crippen molar-refractivity contribution in [1.29, 1.82) is 0 Å². The van der Waals surface area contributed by atoms with Crippen molar-refractivity contribution < 1.29 is 17.6 Å². The molecule has 1 aromatic carbocycles. The SMILES string of the molecule is C[C@@H]1C[C@@H](C)CN(S(=O)(=O)c2ccc(F)c(C(=O)NCc3ccccn3)c2)C1. The highest BCUT2D eigenvalue weighted by Crippen LogP contribution is 2.27. The van der Waals surface area contributed by atoms with Crippen molar-refractivity contribution in [2.45, 2.75) is 31.7 Å². The van der Waals surface area contributed by atoms with Gasteiger partial charge >= 0.3 is 0 Å². The van der Waals surface area contributed by atoms with Crippen LogP contribution >= 0.6 is 0 Å². The largest absolute Gasteiger partial charge is 0.346 e. The van der Waals surface area contributed by atoms with Crippen LogP contribution in [-0.2, 0) is 16.6 Å². The van der Waals surface area contributed by atoms with E-state index in [2.05, 4.69) is 10.3 Å². The number of rotatable bonds is 5. The fourth-order valence-electron chi connectivity index (χ4n) is 3.56. The van der Waals surface area contributed by atoms with Gasteiger partial charge < -0.3 is 5.32 Å². The number of halogens is 1. The summed E-state index contributed by atoms with van der Waals surface area (Å²) in [7, 11) is -3.79. The van der Waals surface area contributed by atoms with Crippen LogP contribution in [0.15, 0.2) is 47.5 Å². The lowest BCUT2D eigenvalue weighted by molar-refractivity contribution is 0.0946. The molecule has 2 aromatic rings. The number of sulfonamides is 1. The minimum Gasteiger partial charge on any atom is -0.346 e. The summed E-state index contributed by atoms with van der Waals surface area (Å²) < 4.78 is 41.7. The van der Waals surface area contributed by atoms with Crippen molar-refractivity contribution >= 4 is 15.9 Å². The topological polar surface area (TPSA) is 79.4 Å². The summed E-state index contributed by atoms with van der Waals surface area (Å²) in [6.07, 6.45) is 2.56. The van der Waals surface area contributed by atoms with E-state index in [4.69, 9.17) is 0 Å². The van der Waals surface area contributed by atoms with Crippen LogP contribution in [0, 0.1) is 17.7 Å². The van der Waals surface area contributed by atoms with Crippen LogP contribution in [0.4, 0.5) is 4.39 Å². The fraction of sp³-hybridized carbons (Fsp3) is 0.400. The second-order valence-corrected chi connectivity index (χ2v) is 9.35. The number of benzene rings is 1. The van der Waals surface area contributed by atoms with Crippen LogP contribution < -0.4 is 5.32 Å². The van der Waals surface area contributed by atoms with Crippen molar-refractivity contribution in [3.63, 3.8) is 0 Å². The van der Waals surface area contributed by atoms with Gasteiger partial charge in [0.1, 0.15) is 5.82 Å². The molecule has 1 aromatic heterocycles. The zero-order valence-corrected chi connectivity index (χ0v) is 16.7. The van der Waals surface area contributed by atoms with Gasteiger partial charge in [-0.2, -0.15) is 4.31 Å². The normalized spacial score (nSPS) is 20.7. The molecule has 2 atom stereocenters. The van der Waals surface area contributed by atoms with Crippen LogP contribution in [0.5, 0.6) is 0 Å². The Morgan fingerprint density at radius 3 is 2.57 bits per heavy atom. The predicted octanol–water partition coefficient (Wildman–Crippen LogP) is 2.82. The van der Waals surface area contributed by atoms with E-state index in [0.717, 1.165) is 18.6 Å². The molecule has 0 radical (unpaired) electrons. The molecule has 28 heavy (non-hydrogen) atoms. The van der Waals surface area contributed by atoms with Crippen LogP contribution in [0.2, 0.25) is 0 Å². The van der Waals surface area contributed by atoms with Gasteiger partial charge in [-0.3, -0.25) is 9.78 Å². The molecule has 1 saturated heterocycles. The molecule has 1 fully saturated rings. The number of aromatic nitrogens is 1. The van der Waals surface area contributed by atoms with Crippen molar-refractivity contribution in [3.05, 3.63) is 59.7 Å². The molecular formula is C20H24FN3O3S. The smallest absolute Gasteiger partial charge is 0.254 e. The summed E-state index contributed by atoms with van der Waals surface area (Å²) in [5.41, 5.74) is 0.325. The van der Waals surface area contributed by atoms with E-state index in [9.17, 15) is 17.6 Å². The van der Waals surface area contributed by atoms with E-state index in [-0.39, 0.29) is 28.8 Å². The molecule has 0 spiro atoms. The van der Waals surface area contributed by atoms with E-state index in [1.807, 2.05) is 13.8 Å². The van der Waals surface area contributed by atoms with Crippen molar-refractivity contribution in [3.8, 4) is 0 Å². The monoisotopic (exact) mass is 405 g/mol. The number of pyridine rings is 1. The molecular weight excluding hydrogens is 381 g/mol. The van der Waals surface area contributed by atoms with Crippen LogP contribution in [0.25, 0.3) is 0 Å². The minimum absolute atomic E-state index is 0.0711. The lowest BCUT2D eigenvalue weighted by Crippen LogP contribution is -2.42. The average Bonchev–Trinajstić information content (AvgIpc) is 2.66. The van der Waals surface area contributed by atoms with Gasteiger partial charge in [0.2, 0.25) is 10.0 Å². The number of carbonyl (C=O) groups excluding carboxylic acids is 1. The maximum absolute atomic E-state index is 14.2. The number of nitrogens with zero attached hydrogens (tertiary/aromatic N) is 2. The lowest BCUT2D eigenvalue weighted by atomic mass is 9.94. The lowest BCUT2D eigenvalue weighted by Gasteiger charge is -2.34. The summed E-state index contributed by atoms with van der Waals surface area (Å²) >= 11 is 0. The van der Waals surface area contributed by atoms with Crippen LogP contribution in [-0.4, -0.2) is 36.7 Å². The van der Waals surface area contributed by atoms with Gasteiger partial charge in [0, 0.05) is 19.3 Å². The molecule has 6 nitrogen and oxygen atoms in total. The molecule has 1 aliphatic heterocycles. The fourth-order valence-corrected chi connectivity index (χ4v) is 5.27. The maximum Gasteiger partial charge on any atom is 0.254 e. The van der Waals surface area contributed by atoms with Crippen LogP contribution in [0.3, 0.4) is 0 Å². The third-order valence-electron chi connectivity index (χ3n) is 4.81. The quantitative estimate of drug-likeness (QED) is 0.830. The first kappa shape index (κ1) is 20.4. The number of carbonyl (C=O) groups is 1. The number of amides is 1. The van der Waals surface area contributed by atoms with E-state index in [1.54, 1.807) is 24.4 Å². The highest BCUT2D eigenvalue weighted by Gasteiger charge is 2.32. The molecule has 150 valence electrons. The summed E-state index contributed by atoms with van der Waals surface area (Å²) in [6.45, 7) is 4.99. The van der Waals surface area contributed by atoms with Gasteiger partial charge in [-0.15, -0.1) is 0 Å². The van der Waals surface area contributed by atoms with E-state index in [1.165, 1.54) is 10.4 Å². The van der Waals surface area contributed by atoms with Gasteiger partial charge in [0.25, 0.3) is 5.91 Å². The first-order valence-corrected chi connectivity index (χ1v) is 10.7. The Kier molecular flexibility index (Phi) is 6.10. The van der Waals surface area contributed by atoms with Crippen molar-refractivity contribution in [2.75, 3.05) is 13.1 Å². The number of hydrogen-bond acceptors (Lipinski definition) is 4. The Labute approximate surface area is 164 Å². The molecule has 0 unspecified atom stereocenters. The van der Waals surface area contributed by atoms with Crippen molar-refractivity contribution in [2.24, 2.45) is 11.8 Å². The van der Waals surface area contributed by atoms with Gasteiger partial charge in [-0.05, 0) is 48.6 Å². The molecule has 3 rings (SSSR count). The van der Waals surface area contributed by atoms with E-state index in [0.29, 0.717) is 18.8 Å². The molecule has 1 aliphatic rings. The average molecular weight is 405 g/mol. The Morgan fingerprint density at radius 1 is 1.21 bits per heavy atom. The Bertz CT molecular complexity index is 940. The summed E-state index contributed by atoms with van der Waals surface area (Å²) in [5.74, 6) is -0.946. The Hall–Kier alpha value is -2.32. The first-order chi connectivity index (χ1) is 13.3. The highest BCUT2D eigenvalue weighted by molar-refractivity contribution is 7.89. The van der Waals surface area contributed by atoms with E-state index < -0.39 is 21.7 Å². The van der Waals surface area contributed by atoms with Gasteiger partial charge in [-0.25, -0.2) is 12.8 Å². The molecule has 1 amide bonds. The molecule has 2 heterocycles. The zero-order valence-electron chi connectivity index (χ0n) is 15.9. The summed E-state index contributed by atoms with van der Waals surface area (Å²) in [5, 5.41) is 2.58. The number of hydrogen-bond donors (Lipinski definition) is 1. The van der Waals surface area contributed by atoms with Gasteiger partial charge in [0.15, 0.2) is 0 Å². The standard InChI is InChI=1S/C20H24FN3O3S/c1-14-9-15(2)13-24(12-14)28(26,27)17-6-7-19(21)18(10-17)20(25)23-11-16-5-3-4-8-22-16/h3-8,10,14-15H,9,11-13H2,1-2H3,(H,23,25)/t14-,15-/m1/s1. The second-order valence-electron chi connectivity index (χ2n) is 7.41. The number of piperidine rings is 1.